The molecule has 1 aromatic carbocycles. The summed E-state index contributed by atoms with van der Waals surface area (Å²) in [6, 6.07) is 10.4. The molecule has 1 atom stereocenters. The summed E-state index contributed by atoms with van der Waals surface area (Å²) >= 11 is 0. The van der Waals surface area contributed by atoms with Gasteiger partial charge in [0.25, 0.3) is 0 Å². The number of sulfonamides is 1. The molecule has 0 aliphatic carbocycles. The summed E-state index contributed by atoms with van der Waals surface area (Å²) in [5, 5.41) is 0. The molecule has 4 rings (SSSR count). The van der Waals surface area contributed by atoms with E-state index in [-0.39, 0.29) is 16.9 Å². The molecule has 1 saturated heterocycles. The number of rotatable bonds is 3. The number of nitrogens with zero attached hydrogens (tertiary/aromatic N) is 4. The zero-order valence-corrected chi connectivity index (χ0v) is 17.3. The van der Waals surface area contributed by atoms with Gasteiger partial charge in [-0.25, -0.2) is 13.4 Å². The lowest BCUT2D eigenvalue weighted by atomic mass is 10.2. The van der Waals surface area contributed by atoms with Gasteiger partial charge in [-0.3, -0.25) is 4.79 Å². The van der Waals surface area contributed by atoms with Gasteiger partial charge in [-0.2, -0.15) is 4.31 Å². The van der Waals surface area contributed by atoms with Crippen LogP contribution in [0.15, 0.2) is 47.5 Å². The molecule has 8 nitrogen and oxygen atoms in total. The fraction of sp³-hybridized carbons (Fsp3) is 0.400. The van der Waals surface area contributed by atoms with Crippen LogP contribution >= 0.6 is 0 Å². The summed E-state index contributed by atoms with van der Waals surface area (Å²) in [4.78, 5) is 20.2. The predicted molar refractivity (Wildman–Crippen MR) is 110 cm³/mol. The molecule has 1 unspecified atom stereocenters. The molecule has 154 valence electrons. The molecule has 9 heteroatoms. The lowest BCUT2D eigenvalue weighted by molar-refractivity contribution is -0.117. The number of piperazine rings is 1. The third kappa shape index (κ3) is 3.79. The van der Waals surface area contributed by atoms with Crippen molar-refractivity contribution in [3.63, 3.8) is 0 Å². The second-order valence-corrected chi connectivity index (χ2v) is 9.20. The van der Waals surface area contributed by atoms with E-state index in [2.05, 4.69) is 9.88 Å². The third-order valence-electron chi connectivity index (χ3n) is 5.22. The van der Waals surface area contributed by atoms with E-state index in [4.69, 9.17) is 4.74 Å². The summed E-state index contributed by atoms with van der Waals surface area (Å²) in [7, 11) is -3.67. The van der Waals surface area contributed by atoms with Crippen molar-refractivity contribution in [1.82, 2.24) is 9.29 Å². The van der Waals surface area contributed by atoms with Crippen molar-refractivity contribution in [2.75, 3.05) is 42.5 Å². The SMILES string of the molecule is CC(=O)N1CC(C)Oc2ccc(S(=O)(=O)N3CCN(c4ccccn4)CC3)cc21. The standard InChI is InChI=1S/C20H24N4O4S/c1-15-14-24(16(2)25)18-13-17(6-7-19(18)28-15)29(26,27)23-11-9-22(10-12-23)20-5-3-4-8-21-20/h3-8,13,15H,9-12,14H2,1-2H3. The number of aromatic nitrogens is 1. The maximum Gasteiger partial charge on any atom is 0.243 e. The van der Waals surface area contributed by atoms with Crippen LogP contribution in [0.4, 0.5) is 11.5 Å². The molecule has 0 N–H and O–H groups in total. The normalized spacial score (nSPS) is 20.1. The Hall–Kier alpha value is -2.65. The second-order valence-electron chi connectivity index (χ2n) is 7.27. The highest BCUT2D eigenvalue weighted by Crippen LogP contribution is 2.36. The Morgan fingerprint density at radius 2 is 1.90 bits per heavy atom. The van der Waals surface area contributed by atoms with Crippen molar-refractivity contribution in [1.29, 1.82) is 0 Å². The number of hydrogen-bond acceptors (Lipinski definition) is 6. The van der Waals surface area contributed by atoms with Crippen molar-refractivity contribution in [3.8, 4) is 5.75 Å². The number of hydrogen-bond donors (Lipinski definition) is 0. The number of amides is 1. The average molecular weight is 417 g/mol. The highest BCUT2D eigenvalue weighted by molar-refractivity contribution is 7.89. The molecular formula is C20H24N4O4S. The van der Waals surface area contributed by atoms with Crippen LogP contribution < -0.4 is 14.5 Å². The van der Waals surface area contributed by atoms with Crippen molar-refractivity contribution >= 4 is 27.4 Å². The predicted octanol–water partition coefficient (Wildman–Crippen LogP) is 1.73. The summed E-state index contributed by atoms with van der Waals surface area (Å²) < 4.78 is 33.7. The van der Waals surface area contributed by atoms with E-state index in [1.54, 1.807) is 29.3 Å². The Balaban J connectivity index is 1.56. The van der Waals surface area contributed by atoms with E-state index >= 15 is 0 Å². The molecule has 2 aromatic rings. The zero-order valence-electron chi connectivity index (χ0n) is 16.5. The van der Waals surface area contributed by atoms with Crippen molar-refractivity contribution in [2.24, 2.45) is 0 Å². The minimum absolute atomic E-state index is 0.139. The zero-order chi connectivity index (χ0) is 20.6. The van der Waals surface area contributed by atoms with E-state index in [9.17, 15) is 13.2 Å². The first-order chi connectivity index (χ1) is 13.9. The van der Waals surface area contributed by atoms with Gasteiger partial charge in [0.15, 0.2) is 0 Å². The topological polar surface area (TPSA) is 83.0 Å². The molecule has 1 amide bonds. The fourth-order valence-corrected chi connectivity index (χ4v) is 5.17. The van der Waals surface area contributed by atoms with Gasteiger partial charge in [0, 0.05) is 39.3 Å². The number of benzene rings is 1. The molecular weight excluding hydrogens is 392 g/mol. The first kappa shape index (κ1) is 19.7. The molecule has 1 fully saturated rings. The second kappa shape index (κ2) is 7.64. The fourth-order valence-electron chi connectivity index (χ4n) is 3.72. The maximum atomic E-state index is 13.2. The van der Waals surface area contributed by atoms with Gasteiger partial charge in [-0.05, 0) is 37.3 Å². The Labute approximate surface area is 170 Å². The smallest absolute Gasteiger partial charge is 0.243 e. The van der Waals surface area contributed by atoms with Crippen LogP contribution in [0.5, 0.6) is 5.75 Å². The minimum atomic E-state index is -3.67. The van der Waals surface area contributed by atoms with E-state index in [0.717, 1.165) is 5.82 Å². The van der Waals surface area contributed by atoms with Gasteiger partial charge < -0.3 is 14.5 Å². The molecule has 3 heterocycles. The van der Waals surface area contributed by atoms with Gasteiger partial charge in [-0.15, -0.1) is 0 Å². The molecule has 0 bridgehead atoms. The largest absolute Gasteiger partial charge is 0.487 e. The lowest BCUT2D eigenvalue weighted by Crippen LogP contribution is -2.49. The summed E-state index contributed by atoms with van der Waals surface area (Å²) in [5.74, 6) is 1.24. The summed E-state index contributed by atoms with van der Waals surface area (Å²) in [6.45, 7) is 5.64. The Kier molecular flexibility index (Phi) is 5.18. The molecule has 29 heavy (non-hydrogen) atoms. The number of pyridine rings is 1. The van der Waals surface area contributed by atoms with Gasteiger partial charge in [0.2, 0.25) is 15.9 Å². The number of fused-ring (bicyclic) bond motifs is 1. The van der Waals surface area contributed by atoms with Gasteiger partial charge in [0.05, 0.1) is 17.1 Å². The van der Waals surface area contributed by atoms with E-state index < -0.39 is 10.0 Å². The van der Waals surface area contributed by atoms with Gasteiger partial charge >= 0.3 is 0 Å². The highest BCUT2D eigenvalue weighted by Gasteiger charge is 2.32. The van der Waals surface area contributed by atoms with Gasteiger partial charge in [-0.1, -0.05) is 6.07 Å². The molecule has 2 aliphatic rings. The van der Waals surface area contributed by atoms with Gasteiger partial charge in [0.1, 0.15) is 17.7 Å². The minimum Gasteiger partial charge on any atom is -0.487 e. The molecule has 1 aromatic heterocycles. The molecule has 0 saturated carbocycles. The van der Waals surface area contributed by atoms with Crippen LogP contribution in [0.1, 0.15) is 13.8 Å². The number of carbonyl (C=O) groups is 1. The summed E-state index contributed by atoms with van der Waals surface area (Å²) in [5.41, 5.74) is 0.504. The van der Waals surface area contributed by atoms with Crippen molar-refractivity contribution < 1.29 is 17.9 Å². The van der Waals surface area contributed by atoms with E-state index in [1.807, 2.05) is 25.1 Å². The van der Waals surface area contributed by atoms with Crippen LogP contribution in [0.25, 0.3) is 0 Å². The Morgan fingerprint density at radius 1 is 1.14 bits per heavy atom. The van der Waals surface area contributed by atoms with Crippen LogP contribution in [0, 0.1) is 0 Å². The van der Waals surface area contributed by atoms with E-state index in [0.29, 0.717) is 44.2 Å². The number of ether oxygens (including phenoxy) is 1. The number of carbonyl (C=O) groups excluding carboxylic acids is 1. The van der Waals surface area contributed by atoms with Crippen molar-refractivity contribution in [3.05, 3.63) is 42.6 Å². The van der Waals surface area contributed by atoms with Crippen LogP contribution in [-0.4, -0.2) is 62.4 Å². The highest BCUT2D eigenvalue weighted by atomic mass is 32.2. The van der Waals surface area contributed by atoms with Crippen LogP contribution in [0.3, 0.4) is 0 Å². The van der Waals surface area contributed by atoms with Crippen molar-refractivity contribution in [2.45, 2.75) is 24.8 Å². The molecule has 0 radical (unpaired) electrons. The quantitative estimate of drug-likeness (QED) is 0.758. The molecule has 0 spiro atoms. The molecule has 2 aliphatic heterocycles. The average Bonchev–Trinajstić information content (AvgIpc) is 2.73. The van der Waals surface area contributed by atoms with Crippen LogP contribution in [-0.2, 0) is 14.8 Å². The number of anilines is 2. The monoisotopic (exact) mass is 416 g/mol. The van der Waals surface area contributed by atoms with Crippen LogP contribution in [0.2, 0.25) is 0 Å². The first-order valence-corrected chi connectivity index (χ1v) is 11.1. The van der Waals surface area contributed by atoms with E-state index in [1.165, 1.54) is 11.2 Å². The Bertz CT molecular complexity index is 1000. The first-order valence-electron chi connectivity index (χ1n) is 9.61. The Morgan fingerprint density at radius 3 is 2.55 bits per heavy atom. The lowest BCUT2D eigenvalue weighted by Gasteiger charge is -2.35. The third-order valence-corrected chi connectivity index (χ3v) is 7.11. The summed E-state index contributed by atoms with van der Waals surface area (Å²) in [6.07, 6.45) is 1.59. The maximum absolute atomic E-state index is 13.2.